The van der Waals surface area contributed by atoms with Crippen molar-refractivity contribution >= 4 is 17.0 Å². The number of halogens is 3. The maximum atomic E-state index is 14.4. The first-order valence-corrected chi connectivity index (χ1v) is 7.39. The number of ether oxygens (including phenoxy) is 1. The van der Waals surface area contributed by atoms with E-state index in [1.165, 1.54) is 13.4 Å². The van der Waals surface area contributed by atoms with Crippen molar-refractivity contribution in [2.75, 3.05) is 12.4 Å². The van der Waals surface area contributed by atoms with Gasteiger partial charge in [-0.2, -0.15) is 0 Å². The van der Waals surface area contributed by atoms with Gasteiger partial charge in [-0.15, -0.1) is 10.2 Å². The van der Waals surface area contributed by atoms with Crippen molar-refractivity contribution in [1.82, 2.24) is 20.2 Å². The first-order chi connectivity index (χ1) is 11.9. The zero-order chi connectivity index (χ0) is 18.1. The summed E-state index contributed by atoms with van der Waals surface area (Å²) in [4.78, 5) is 8.28. The largest absolute Gasteiger partial charge is 0.494 e. The number of rotatable bonds is 4. The van der Waals surface area contributed by atoms with E-state index < -0.39 is 23.0 Å². The molecule has 0 saturated carbocycles. The van der Waals surface area contributed by atoms with Crippen molar-refractivity contribution in [3.63, 3.8) is 0 Å². The van der Waals surface area contributed by atoms with E-state index in [1.807, 2.05) is 13.8 Å². The molecular weight excluding hydrogens is 335 g/mol. The highest BCUT2D eigenvalue weighted by Gasteiger charge is 2.25. The molecule has 0 unspecified atom stereocenters. The fraction of sp³-hybridized carbons (Fsp3) is 0.250. The van der Waals surface area contributed by atoms with E-state index in [0.717, 1.165) is 0 Å². The molecule has 3 rings (SSSR count). The summed E-state index contributed by atoms with van der Waals surface area (Å²) in [5, 5.41) is 10.5. The van der Waals surface area contributed by atoms with Crippen LogP contribution in [0.2, 0.25) is 0 Å². The molecule has 1 N–H and O–H groups in total. The highest BCUT2D eigenvalue weighted by atomic mass is 19.1. The third-order valence-electron chi connectivity index (χ3n) is 3.39. The number of hydrogen-bond donors (Lipinski definition) is 1. The first kappa shape index (κ1) is 16.9. The molecule has 2 aromatic heterocycles. The van der Waals surface area contributed by atoms with E-state index in [4.69, 9.17) is 4.74 Å². The average Bonchev–Trinajstić information content (AvgIpc) is 2.53. The van der Waals surface area contributed by atoms with Gasteiger partial charge >= 0.3 is 0 Å². The van der Waals surface area contributed by atoms with E-state index in [-0.39, 0.29) is 34.3 Å². The van der Waals surface area contributed by atoms with Crippen LogP contribution in [0.25, 0.3) is 22.3 Å². The summed E-state index contributed by atoms with van der Waals surface area (Å²) in [5.74, 6) is -2.98. The maximum Gasteiger partial charge on any atom is 0.206 e. The molecule has 3 aromatic rings. The van der Waals surface area contributed by atoms with Crippen LogP contribution >= 0.6 is 0 Å². The normalized spacial score (nSPS) is 11.2. The van der Waals surface area contributed by atoms with Crippen LogP contribution in [0.15, 0.2) is 18.5 Å². The molecule has 0 saturated heterocycles. The lowest BCUT2D eigenvalue weighted by atomic mass is 10.0. The van der Waals surface area contributed by atoms with E-state index in [2.05, 4.69) is 25.5 Å². The molecule has 0 fully saturated rings. The number of aromatic nitrogens is 4. The molecule has 0 aliphatic heterocycles. The van der Waals surface area contributed by atoms with Gasteiger partial charge in [0.15, 0.2) is 11.3 Å². The second-order valence-electron chi connectivity index (χ2n) is 5.54. The standard InChI is InChI=1S/C16H14F3N5O/c1-7(2)22-15-12(11-9(18)4-8(17)5-10(11)19)14(25-3)13-16(23-15)24-21-6-20-13/h4-7H,1-3H3,(H,22,23,24). The van der Waals surface area contributed by atoms with Crippen LogP contribution < -0.4 is 10.1 Å². The number of fused-ring (bicyclic) bond motifs is 1. The Morgan fingerprint density at radius 3 is 2.36 bits per heavy atom. The summed E-state index contributed by atoms with van der Waals surface area (Å²) in [6.07, 6.45) is 1.17. The van der Waals surface area contributed by atoms with E-state index in [9.17, 15) is 13.2 Å². The van der Waals surface area contributed by atoms with Crippen LogP contribution in [-0.4, -0.2) is 33.3 Å². The fourth-order valence-electron chi connectivity index (χ4n) is 2.48. The van der Waals surface area contributed by atoms with E-state index in [1.54, 1.807) is 0 Å². The molecule has 0 aliphatic rings. The van der Waals surface area contributed by atoms with Gasteiger partial charge in [-0.25, -0.2) is 23.1 Å². The second-order valence-corrected chi connectivity index (χ2v) is 5.54. The van der Waals surface area contributed by atoms with Gasteiger partial charge in [0.2, 0.25) is 5.65 Å². The molecule has 0 amide bonds. The summed E-state index contributed by atoms with van der Waals surface area (Å²) in [6.45, 7) is 3.66. The Labute approximate surface area is 141 Å². The molecular formula is C16H14F3N5O. The molecule has 6 nitrogen and oxygen atoms in total. The third-order valence-corrected chi connectivity index (χ3v) is 3.39. The topological polar surface area (TPSA) is 72.8 Å². The number of anilines is 1. The lowest BCUT2D eigenvalue weighted by Gasteiger charge is -2.18. The monoisotopic (exact) mass is 349 g/mol. The van der Waals surface area contributed by atoms with Crippen molar-refractivity contribution < 1.29 is 17.9 Å². The lowest BCUT2D eigenvalue weighted by Crippen LogP contribution is -2.14. The molecule has 9 heteroatoms. The summed E-state index contributed by atoms with van der Waals surface area (Å²) in [7, 11) is 1.33. The minimum Gasteiger partial charge on any atom is -0.494 e. The van der Waals surface area contributed by atoms with Gasteiger partial charge in [0, 0.05) is 18.2 Å². The Bertz CT molecular complexity index is 925. The fourth-order valence-corrected chi connectivity index (χ4v) is 2.48. The highest BCUT2D eigenvalue weighted by molar-refractivity contribution is 5.94. The molecule has 0 bridgehead atoms. The van der Waals surface area contributed by atoms with Crippen LogP contribution in [0.3, 0.4) is 0 Å². The zero-order valence-corrected chi connectivity index (χ0v) is 13.6. The smallest absolute Gasteiger partial charge is 0.206 e. The predicted octanol–water partition coefficient (Wildman–Crippen LogP) is 3.33. The molecule has 25 heavy (non-hydrogen) atoms. The van der Waals surface area contributed by atoms with E-state index >= 15 is 0 Å². The molecule has 130 valence electrons. The Hall–Kier alpha value is -2.97. The van der Waals surface area contributed by atoms with Gasteiger partial charge in [-0.05, 0) is 13.8 Å². The van der Waals surface area contributed by atoms with Gasteiger partial charge in [0.1, 0.15) is 29.6 Å². The van der Waals surface area contributed by atoms with Gasteiger partial charge in [-0.1, -0.05) is 0 Å². The van der Waals surface area contributed by atoms with Gasteiger partial charge in [0.05, 0.1) is 18.2 Å². The van der Waals surface area contributed by atoms with Crippen LogP contribution in [-0.2, 0) is 0 Å². The summed E-state index contributed by atoms with van der Waals surface area (Å²) in [5.41, 5.74) is -0.132. The molecule has 1 aromatic carbocycles. The van der Waals surface area contributed by atoms with Crippen molar-refractivity contribution in [3.05, 3.63) is 35.9 Å². The Balaban J connectivity index is 2.43. The second kappa shape index (κ2) is 6.50. The van der Waals surface area contributed by atoms with Gasteiger partial charge in [-0.3, -0.25) is 0 Å². The number of nitrogens with one attached hydrogen (secondary N) is 1. The van der Waals surface area contributed by atoms with Crippen molar-refractivity contribution in [1.29, 1.82) is 0 Å². The van der Waals surface area contributed by atoms with Crippen LogP contribution in [0.5, 0.6) is 5.75 Å². The summed E-state index contributed by atoms with van der Waals surface area (Å²) >= 11 is 0. The number of pyridine rings is 1. The molecule has 2 heterocycles. The minimum absolute atomic E-state index is 0.000741. The maximum absolute atomic E-state index is 14.4. The van der Waals surface area contributed by atoms with Crippen LogP contribution in [0.4, 0.5) is 19.0 Å². The molecule has 0 atom stereocenters. The number of nitrogens with zero attached hydrogens (tertiary/aromatic N) is 4. The van der Waals surface area contributed by atoms with Crippen LogP contribution in [0.1, 0.15) is 13.8 Å². The zero-order valence-electron chi connectivity index (χ0n) is 13.6. The highest BCUT2D eigenvalue weighted by Crippen LogP contribution is 2.42. The van der Waals surface area contributed by atoms with Crippen molar-refractivity contribution in [2.24, 2.45) is 0 Å². The number of methoxy groups -OCH3 is 1. The average molecular weight is 349 g/mol. The third kappa shape index (κ3) is 3.04. The summed E-state index contributed by atoms with van der Waals surface area (Å²) < 4.78 is 47.4. The first-order valence-electron chi connectivity index (χ1n) is 7.39. The summed E-state index contributed by atoms with van der Waals surface area (Å²) in [6, 6.07) is 1.09. The molecule has 0 spiro atoms. The SMILES string of the molecule is COc1c(-c2c(F)cc(F)cc2F)c(NC(C)C)nc2nncnc12. The predicted molar refractivity (Wildman–Crippen MR) is 85.7 cm³/mol. The lowest BCUT2D eigenvalue weighted by molar-refractivity contribution is 0.419. The number of hydrogen-bond acceptors (Lipinski definition) is 6. The van der Waals surface area contributed by atoms with Crippen LogP contribution in [0, 0.1) is 17.5 Å². The molecule has 0 radical (unpaired) electrons. The van der Waals surface area contributed by atoms with Crippen molar-refractivity contribution in [3.8, 4) is 16.9 Å². The number of benzene rings is 1. The Morgan fingerprint density at radius 1 is 1.08 bits per heavy atom. The van der Waals surface area contributed by atoms with E-state index in [0.29, 0.717) is 12.1 Å². The van der Waals surface area contributed by atoms with Crippen molar-refractivity contribution in [2.45, 2.75) is 19.9 Å². The quantitative estimate of drug-likeness (QED) is 0.779. The minimum atomic E-state index is -1.08. The molecule has 0 aliphatic carbocycles. The van der Waals surface area contributed by atoms with Gasteiger partial charge < -0.3 is 10.1 Å². The Kier molecular flexibility index (Phi) is 4.39. The Morgan fingerprint density at radius 2 is 1.76 bits per heavy atom. The van der Waals surface area contributed by atoms with Gasteiger partial charge in [0.25, 0.3) is 0 Å².